The monoisotopic (exact) mass is 308 g/mol. The molecule has 1 N–H and O–H groups in total. The van der Waals surface area contributed by atoms with Gasteiger partial charge in [-0.1, -0.05) is 41.9 Å². The molecule has 1 atom stereocenters. The molecule has 108 valence electrons. The molecular weight excluding hydrogens is 299 g/mol. The summed E-state index contributed by atoms with van der Waals surface area (Å²) in [5.74, 6) is -2.39. The topological polar surface area (TPSA) is 63.6 Å². The van der Waals surface area contributed by atoms with E-state index < -0.39 is 18.1 Å². The Morgan fingerprint density at radius 1 is 1.14 bits per heavy atom. The fourth-order valence-corrected chi connectivity index (χ4v) is 1.86. The van der Waals surface area contributed by atoms with E-state index in [9.17, 15) is 14.0 Å². The highest BCUT2D eigenvalue weighted by molar-refractivity contribution is 6.31. The van der Waals surface area contributed by atoms with E-state index in [1.807, 2.05) is 0 Å². The Morgan fingerprint density at radius 3 is 2.43 bits per heavy atom. The lowest BCUT2D eigenvalue weighted by Crippen LogP contribution is -2.22. The summed E-state index contributed by atoms with van der Waals surface area (Å²) in [4.78, 5) is 22.9. The van der Waals surface area contributed by atoms with Crippen LogP contribution in [0.25, 0.3) is 0 Å². The van der Waals surface area contributed by atoms with Crippen LogP contribution in [0, 0.1) is 0 Å². The minimum absolute atomic E-state index is 0.00222. The second-order valence-corrected chi connectivity index (χ2v) is 4.54. The summed E-state index contributed by atoms with van der Waals surface area (Å²) >= 11 is 5.83. The van der Waals surface area contributed by atoms with E-state index in [2.05, 4.69) is 4.74 Å². The van der Waals surface area contributed by atoms with Gasteiger partial charge in [0.2, 0.25) is 0 Å². The molecule has 21 heavy (non-hydrogen) atoms. The predicted octanol–water partition coefficient (Wildman–Crippen LogP) is 3.33. The van der Waals surface area contributed by atoms with Crippen LogP contribution in [0.5, 0.6) is 5.75 Å². The minimum atomic E-state index is -2.56. The predicted molar refractivity (Wildman–Crippen MR) is 74.5 cm³/mol. The molecule has 0 bridgehead atoms. The van der Waals surface area contributed by atoms with Crippen LogP contribution in [0.4, 0.5) is 4.39 Å². The van der Waals surface area contributed by atoms with Crippen LogP contribution >= 0.6 is 11.6 Å². The first-order chi connectivity index (χ1) is 9.99. The molecule has 6 heteroatoms. The first kappa shape index (κ1) is 15.0. The highest BCUT2D eigenvalue weighted by Crippen LogP contribution is 2.26. The van der Waals surface area contributed by atoms with Crippen LogP contribution in [0.1, 0.15) is 15.9 Å². The molecule has 0 aliphatic carbocycles. The summed E-state index contributed by atoms with van der Waals surface area (Å²) in [5.41, 5.74) is 0.355. The molecule has 0 spiro atoms. The third-order valence-electron chi connectivity index (χ3n) is 2.65. The second kappa shape index (κ2) is 6.37. The number of halogens is 2. The molecule has 0 fully saturated rings. The third-order valence-corrected chi connectivity index (χ3v) is 2.88. The van der Waals surface area contributed by atoms with Crippen molar-refractivity contribution in [3.05, 3.63) is 64.7 Å². The number of benzene rings is 2. The fraction of sp³-hybridized carbons (Fsp3) is 0.0667. The molecule has 0 aliphatic rings. The summed E-state index contributed by atoms with van der Waals surface area (Å²) in [6.07, 6.45) is -2.56. The maximum absolute atomic E-state index is 13.2. The molecule has 4 nitrogen and oxygen atoms in total. The number of carbonyl (C=O) groups is 2. The Hall–Kier alpha value is -2.40. The van der Waals surface area contributed by atoms with Crippen LogP contribution in [-0.4, -0.2) is 23.2 Å². The van der Waals surface area contributed by atoms with E-state index in [0.29, 0.717) is 5.56 Å². The Morgan fingerprint density at radius 2 is 1.81 bits per heavy atom. The molecule has 0 saturated carbocycles. The lowest BCUT2D eigenvalue weighted by Gasteiger charge is -2.12. The average molecular weight is 309 g/mol. The van der Waals surface area contributed by atoms with E-state index >= 15 is 0 Å². The van der Waals surface area contributed by atoms with Gasteiger partial charge in [0, 0.05) is 10.6 Å². The zero-order chi connectivity index (χ0) is 15.4. The second-order valence-electron chi connectivity index (χ2n) is 4.11. The Bertz CT molecular complexity index is 673. The van der Waals surface area contributed by atoms with E-state index in [1.165, 1.54) is 18.2 Å². The number of rotatable bonds is 5. The van der Waals surface area contributed by atoms with Gasteiger partial charge in [0.1, 0.15) is 5.75 Å². The first-order valence-corrected chi connectivity index (χ1v) is 6.29. The summed E-state index contributed by atoms with van der Waals surface area (Å²) < 4.78 is 17.9. The van der Waals surface area contributed by atoms with Gasteiger partial charge in [-0.15, -0.1) is 0 Å². The van der Waals surface area contributed by atoms with E-state index in [-0.39, 0.29) is 16.3 Å². The highest BCUT2D eigenvalue weighted by Gasteiger charge is 2.22. The number of carboxylic acids is 1. The van der Waals surface area contributed by atoms with Gasteiger partial charge in [-0.25, -0.2) is 4.79 Å². The number of ether oxygens (including phenoxy) is 1. The quantitative estimate of drug-likeness (QED) is 0.861. The number of hydrogen-bond acceptors (Lipinski definition) is 3. The summed E-state index contributed by atoms with van der Waals surface area (Å²) in [6, 6.07) is 12.2. The van der Waals surface area contributed by atoms with Gasteiger partial charge in [0.15, 0.2) is 5.78 Å². The van der Waals surface area contributed by atoms with Crippen molar-refractivity contribution in [1.29, 1.82) is 0 Å². The van der Waals surface area contributed by atoms with Gasteiger partial charge in [-0.3, -0.25) is 4.79 Å². The Balaban J connectivity index is 2.40. The average Bonchev–Trinajstić information content (AvgIpc) is 2.49. The molecule has 0 aromatic heterocycles. The van der Waals surface area contributed by atoms with E-state index in [1.54, 1.807) is 30.3 Å². The molecule has 1 unspecified atom stereocenters. The van der Waals surface area contributed by atoms with Gasteiger partial charge < -0.3 is 9.84 Å². The molecule has 0 amide bonds. The highest BCUT2D eigenvalue weighted by atomic mass is 35.5. The normalized spacial score (nSPS) is 11.7. The smallest absolute Gasteiger partial charge is 0.378 e. The van der Waals surface area contributed by atoms with Crippen LogP contribution in [0.15, 0.2) is 48.5 Å². The maximum Gasteiger partial charge on any atom is 0.378 e. The summed E-state index contributed by atoms with van der Waals surface area (Å²) in [5, 5.41) is 8.79. The number of alkyl halides is 1. The molecule has 0 radical (unpaired) electrons. The van der Waals surface area contributed by atoms with Gasteiger partial charge in [-0.05, 0) is 18.2 Å². The van der Waals surface area contributed by atoms with Crippen molar-refractivity contribution < 1.29 is 23.8 Å². The largest absolute Gasteiger partial charge is 0.476 e. The number of aliphatic carboxylic acids is 1. The van der Waals surface area contributed by atoms with Crippen molar-refractivity contribution in [2.45, 2.75) is 6.36 Å². The van der Waals surface area contributed by atoms with Crippen molar-refractivity contribution in [2.75, 3.05) is 0 Å². The third kappa shape index (κ3) is 3.58. The van der Waals surface area contributed by atoms with E-state index in [0.717, 1.165) is 0 Å². The van der Waals surface area contributed by atoms with Gasteiger partial charge in [0.05, 0.1) is 5.56 Å². The zero-order valence-corrected chi connectivity index (χ0v) is 11.4. The molecule has 0 aliphatic heterocycles. The van der Waals surface area contributed by atoms with Crippen LogP contribution < -0.4 is 4.74 Å². The van der Waals surface area contributed by atoms with Gasteiger partial charge >= 0.3 is 12.3 Å². The van der Waals surface area contributed by atoms with Crippen LogP contribution in [0.2, 0.25) is 5.02 Å². The maximum atomic E-state index is 13.2. The van der Waals surface area contributed by atoms with Crippen molar-refractivity contribution in [1.82, 2.24) is 0 Å². The number of hydrogen-bond donors (Lipinski definition) is 1. The summed E-state index contributed by atoms with van der Waals surface area (Å²) in [6.45, 7) is 0. The lowest BCUT2D eigenvalue weighted by atomic mass is 10.0. The Kier molecular flexibility index (Phi) is 4.55. The Labute approximate surface area is 124 Å². The molecule has 2 aromatic carbocycles. The SMILES string of the molecule is O=C(c1ccccc1)c1cc(Cl)ccc1OC(F)C(=O)O. The number of ketones is 1. The zero-order valence-electron chi connectivity index (χ0n) is 10.6. The molecule has 0 saturated heterocycles. The number of carboxylic acid groups (broad SMARTS) is 1. The van der Waals surface area contributed by atoms with Crippen molar-refractivity contribution in [2.24, 2.45) is 0 Å². The van der Waals surface area contributed by atoms with Crippen molar-refractivity contribution >= 4 is 23.4 Å². The van der Waals surface area contributed by atoms with E-state index in [4.69, 9.17) is 16.7 Å². The molecule has 2 aromatic rings. The summed E-state index contributed by atoms with van der Waals surface area (Å²) in [7, 11) is 0. The lowest BCUT2D eigenvalue weighted by molar-refractivity contribution is -0.153. The van der Waals surface area contributed by atoms with Gasteiger partial charge in [0.25, 0.3) is 0 Å². The van der Waals surface area contributed by atoms with Gasteiger partial charge in [-0.2, -0.15) is 4.39 Å². The molecular formula is C15H10ClFO4. The first-order valence-electron chi connectivity index (χ1n) is 5.92. The molecule has 0 heterocycles. The fourth-order valence-electron chi connectivity index (χ4n) is 1.69. The molecule has 2 rings (SSSR count). The van der Waals surface area contributed by atoms with Crippen LogP contribution in [-0.2, 0) is 4.79 Å². The van der Waals surface area contributed by atoms with Crippen molar-refractivity contribution in [3.63, 3.8) is 0 Å². The number of carbonyl (C=O) groups excluding carboxylic acids is 1. The van der Waals surface area contributed by atoms with Crippen molar-refractivity contribution in [3.8, 4) is 5.75 Å². The minimum Gasteiger partial charge on any atom is -0.476 e. The standard InChI is InChI=1S/C15H10ClFO4/c16-10-6-7-12(21-14(17)15(19)20)11(8-10)13(18)9-4-2-1-3-5-9/h1-8,14H,(H,19,20). The van der Waals surface area contributed by atoms with Crippen LogP contribution in [0.3, 0.4) is 0 Å².